The Hall–Kier alpha value is -1.19. The Morgan fingerprint density at radius 2 is 2.30 bits per heavy atom. The van der Waals surface area contributed by atoms with E-state index >= 15 is 0 Å². The lowest BCUT2D eigenvalue weighted by Crippen LogP contribution is -2.14. The van der Waals surface area contributed by atoms with Crippen LogP contribution in [0.5, 0.6) is 0 Å². The molecule has 0 aliphatic carbocycles. The number of nitrogens with zero attached hydrogens (tertiary/aromatic N) is 2. The maximum atomic E-state index is 10.7. The van der Waals surface area contributed by atoms with E-state index in [9.17, 15) is 4.79 Å². The van der Waals surface area contributed by atoms with Gasteiger partial charge in [-0.3, -0.25) is 0 Å². The highest BCUT2D eigenvalue weighted by Gasteiger charge is 2.16. The van der Waals surface area contributed by atoms with Gasteiger partial charge in [-0.1, -0.05) is 0 Å². The van der Waals surface area contributed by atoms with Gasteiger partial charge in [-0.2, -0.15) is 5.10 Å². The van der Waals surface area contributed by atoms with E-state index in [4.69, 9.17) is 0 Å². The van der Waals surface area contributed by atoms with Gasteiger partial charge in [0.05, 0.1) is 7.11 Å². The van der Waals surface area contributed by atoms with Crippen LogP contribution in [0.3, 0.4) is 0 Å². The second kappa shape index (κ2) is 2.60. The third kappa shape index (κ3) is 1.21. The van der Waals surface area contributed by atoms with E-state index in [1.165, 1.54) is 7.11 Å². The van der Waals surface area contributed by atoms with Crippen molar-refractivity contribution in [3.05, 3.63) is 0 Å². The topological polar surface area (TPSA) is 51.0 Å². The van der Waals surface area contributed by atoms with Gasteiger partial charge in [0, 0.05) is 12.1 Å². The van der Waals surface area contributed by atoms with Gasteiger partial charge in [-0.15, -0.1) is 5.10 Å². The van der Waals surface area contributed by atoms with E-state index in [1.807, 2.05) is 6.92 Å². The highest BCUT2D eigenvalue weighted by molar-refractivity contribution is 6.41. The molecule has 4 heteroatoms. The van der Waals surface area contributed by atoms with Gasteiger partial charge in [0.25, 0.3) is 0 Å². The average Bonchev–Trinajstić information content (AvgIpc) is 2.34. The number of esters is 1. The third-order valence-electron chi connectivity index (χ3n) is 1.19. The molecule has 0 atom stereocenters. The first-order chi connectivity index (χ1) is 4.74. The Balaban J connectivity index is 2.57. The van der Waals surface area contributed by atoms with Crippen LogP contribution in [0.15, 0.2) is 10.2 Å². The van der Waals surface area contributed by atoms with Gasteiger partial charge in [0.15, 0.2) is 5.71 Å². The van der Waals surface area contributed by atoms with E-state index in [1.54, 1.807) is 0 Å². The van der Waals surface area contributed by atoms with Gasteiger partial charge in [-0.25, -0.2) is 4.79 Å². The first kappa shape index (κ1) is 6.92. The van der Waals surface area contributed by atoms with Crippen molar-refractivity contribution in [2.75, 3.05) is 7.11 Å². The molecule has 0 saturated heterocycles. The summed E-state index contributed by atoms with van der Waals surface area (Å²) < 4.78 is 4.44. The van der Waals surface area contributed by atoms with Crippen LogP contribution in [0.2, 0.25) is 0 Å². The SMILES string of the molecule is COC(=O)C1=NN=C(C)C1. The molecule has 1 aliphatic rings. The van der Waals surface area contributed by atoms with Gasteiger partial charge >= 0.3 is 5.97 Å². The summed E-state index contributed by atoms with van der Waals surface area (Å²) in [5.41, 5.74) is 1.24. The molecule has 0 aromatic rings. The highest BCUT2D eigenvalue weighted by atomic mass is 16.5. The molecule has 1 rings (SSSR count). The summed E-state index contributed by atoms with van der Waals surface area (Å²) in [5, 5.41) is 7.31. The standard InChI is InChI=1S/C6H8N2O2/c1-4-3-5(8-7-4)6(9)10-2/h3H2,1-2H3. The lowest BCUT2D eigenvalue weighted by molar-refractivity contribution is -0.132. The van der Waals surface area contributed by atoms with E-state index < -0.39 is 0 Å². The molecular weight excluding hydrogens is 132 g/mol. The maximum Gasteiger partial charge on any atom is 0.354 e. The van der Waals surface area contributed by atoms with Crippen molar-refractivity contribution < 1.29 is 9.53 Å². The van der Waals surface area contributed by atoms with Crippen molar-refractivity contribution in [2.45, 2.75) is 13.3 Å². The monoisotopic (exact) mass is 140 g/mol. The predicted molar refractivity (Wildman–Crippen MR) is 37.2 cm³/mol. The van der Waals surface area contributed by atoms with Crippen LogP contribution in [-0.2, 0) is 9.53 Å². The van der Waals surface area contributed by atoms with Crippen molar-refractivity contribution in [1.29, 1.82) is 0 Å². The molecule has 0 fully saturated rings. The van der Waals surface area contributed by atoms with Crippen LogP contribution in [-0.4, -0.2) is 24.5 Å². The Labute approximate surface area is 58.6 Å². The third-order valence-corrected chi connectivity index (χ3v) is 1.19. The van der Waals surface area contributed by atoms with Crippen LogP contribution in [0.1, 0.15) is 13.3 Å². The van der Waals surface area contributed by atoms with Crippen molar-refractivity contribution in [2.24, 2.45) is 10.2 Å². The summed E-state index contributed by atoms with van der Waals surface area (Å²) >= 11 is 0. The van der Waals surface area contributed by atoms with Crippen molar-refractivity contribution >= 4 is 17.4 Å². The molecule has 10 heavy (non-hydrogen) atoms. The van der Waals surface area contributed by atoms with Gasteiger partial charge in [-0.05, 0) is 6.92 Å². The van der Waals surface area contributed by atoms with E-state index in [-0.39, 0.29) is 5.97 Å². The Bertz CT molecular complexity index is 218. The Morgan fingerprint density at radius 1 is 1.60 bits per heavy atom. The first-order valence-corrected chi connectivity index (χ1v) is 2.92. The first-order valence-electron chi connectivity index (χ1n) is 2.92. The van der Waals surface area contributed by atoms with Gasteiger partial charge in [0.2, 0.25) is 0 Å². The van der Waals surface area contributed by atoms with Crippen molar-refractivity contribution in [3.8, 4) is 0 Å². The van der Waals surface area contributed by atoms with E-state index in [0.29, 0.717) is 12.1 Å². The molecule has 0 amide bonds. The number of methoxy groups -OCH3 is 1. The fourth-order valence-corrected chi connectivity index (χ4v) is 0.690. The molecule has 0 bridgehead atoms. The molecule has 54 valence electrons. The minimum absolute atomic E-state index is 0.388. The van der Waals surface area contributed by atoms with Crippen molar-refractivity contribution in [3.63, 3.8) is 0 Å². The Kier molecular flexibility index (Phi) is 1.80. The summed E-state index contributed by atoms with van der Waals surface area (Å²) in [6.45, 7) is 1.82. The molecule has 0 unspecified atom stereocenters. The molecule has 0 aromatic heterocycles. The number of rotatable bonds is 1. The van der Waals surface area contributed by atoms with Gasteiger partial charge in [0.1, 0.15) is 0 Å². The lowest BCUT2D eigenvalue weighted by Gasteiger charge is -1.93. The fourth-order valence-electron chi connectivity index (χ4n) is 0.690. The number of hydrogen-bond donors (Lipinski definition) is 0. The van der Waals surface area contributed by atoms with Crippen LogP contribution in [0.4, 0.5) is 0 Å². The number of ether oxygens (including phenoxy) is 1. The second-order valence-corrected chi connectivity index (χ2v) is 2.05. The Morgan fingerprint density at radius 3 is 2.70 bits per heavy atom. The molecule has 0 N–H and O–H groups in total. The normalized spacial score (nSPS) is 16.2. The number of carbonyl (C=O) groups is 1. The maximum absolute atomic E-state index is 10.7. The van der Waals surface area contributed by atoms with Crippen LogP contribution < -0.4 is 0 Å². The zero-order valence-electron chi connectivity index (χ0n) is 5.92. The van der Waals surface area contributed by atoms with Crippen LogP contribution in [0, 0.1) is 0 Å². The minimum Gasteiger partial charge on any atom is -0.464 e. The summed E-state index contributed by atoms with van der Waals surface area (Å²) in [6, 6.07) is 0. The quantitative estimate of drug-likeness (QED) is 0.494. The molecule has 1 aliphatic heterocycles. The molecule has 0 saturated carbocycles. The van der Waals surface area contributed by atoms with Crippen LogP contribution >= 0.6 is 0 Å². The summed E-state index contributed by atoms with van der Waals surface area (Å²) in [6.07, 6.45) is 0.521. The largest absolute Gasteiger partial charge is 0.464 e. The second-order valence-electron chi connectivity index (χ2n) is 2.05. The van der Waals surface area contributed by atoms with E-state index in [2.05, 4.69) is 14.9 Å². The number of carbonyl (C=O) groups excluding carboxylic acids is 1. The fraction of sp³-hybridized carbons (Fsp3) is 0.500. The molecule has 1 heterocycles. The average molecular weight is 140 g/mol. The molecule has 0 aromatic carbocycles. The lowest BCUT2D eigenvalue weighted by atomic mass is 10.2. The zero-order chi connectivity index (χ0) is 7.56. The highest BCUT2D eigenvalue weighted by Crippen LogP contribution is 2.02. The molecule has 0 radical (unpaired) electrons. The zero-order valence-corrected chi connectivity index (χ0v) is 5.92. The molecule has 0 spiro atoms. The summed E-state index contributed by atoms with van der Waals surface area (Å²) in [7, 11) is 1.33. The smallest absolute Gasteiger partial charge is 0.354 e. The molecular formula is C6H8N2O2. The van der Waals surface area contributed by atoms with Crippen LogP contribution in [0.25, 0.3) is 0 Å². The van der Waals surface area contributed by atoms with Gasteiger partial charge < -0.3 is 4.74 Å². The molecule has 4 nitrogen and oxygen atoms in total. The minimum atomic E-state index is -0.388. The number of hydrogen-bond acceptors (Lipinski definition) is 4. The van der Waals surface area contributed by atoms with E-state index in [0.717, 1.165) is 5.71 Å². The predicted octanol–water partition coefficient (Wildman–Crippen LogP) is 0.380. The summed E-state index contributed by atoms with van der Waals surface area (Å²) in [5.74, 6) is -0.388. The summed E-state index contributed by atoms with van der Waals surface area (Å²) in [4.78, 5) is 10.7. The van der Waals surface area contributed by atoms with Crippen molar-refractivity contribution in [1.82, 2.24) is 0 Å².